The second-order valence-electron chi connectivity index (χ2n) is 10.9. The summed E-state index contributed by atoms with van der Waals surface area (Å²) in [5.74, 6) is -5.30. The number of aliphatic hydroxyl groups is 8. The van der Waals surface area contributed by atoms with Crippen molar-refractivity contribution in [1.29, 1.82) is 0 Å². The van der Waals surface area contributed by atoms with Crippen molar-refractivity contribution in [1.82, 2.24) is 0 Å². The number of aliphatic hydroxyl groups excluding tert-OH is 8. The summed E-state index contributed by atoms with van der Waals surface area (Å²) >= 11 is 0. The molecule has 0 saturated carbocycles. The highest BCUT2D eigenvalue weighted by Gasteiger charge is 2.49. The summed E-state index contributed by atoms with van der Waals surface area (Å²) in [7, 11) is 0. The topological polar surface area (TPSA) is 317 Å². The van der Waals surface area contributed by atoms with E-state index in [4.69, 9.17) is 18.9 Å². The summed E-state index contributed by atoms with van der Waals surface area (Å²) in [5.41, 5.74) is -0.770. The molecule has 2 fully saturated rings. The first-order valence-corrected chi connectivity index (χ1v) is 13.5. The van der Waals surface area contributed by atoms with Crippen LogP contribution in [0.25, 0.3) is 0 Å². The number of carbonyl (C=O) groups is 1. The molecule has 2 saturated heterocycles. The largest absolute Gasteiger partial charge is 0.507 e. The van der Waals surface area contributed by atoms with Crippen LogP contribution in [0.1, 0.15) is 28.9 Å². The van der Waals surface area contributed by atoms with E-state index in [9.17, 15) is 71.2 Å². The molecule has 0 bridgehead atoms. The van der Waals surface area contributed by atoms with Gasteiger partial charge in [-0.2, -0.15) is 0 Å². The average Bonchev–Trinajstić information content (AvgIpc) is 2.99. The van der Waals surface area contributed by atoms with Gasteiger partial charge in [0, 0.05) is 29.7 Å². The molecule has 18 nitrogen and oxygen atoms in total. The van der Waals surface area contributed by atoms with Crippen molar-refractivity contribution in [3.63, 3.8) is 0 Å². The van der Waals surface area contributed by atoms with Gasteiger partial charge in [-0.25, -0.2) is 4.79 Å². The highest BCUT2D eigenvalue weighted by Crippen LogP contribution is 2.51. The SMILES string of the molecule is O=C(O)C1OC(Oc2cc(O)c(O)cc2C2Oc3cc(O)c(C4OC(CO)C(O)C(O)C4O)c(O)c3CC2O)C(O)C(O)C1O. The lowest BCUT2D eigenvalue weighted by Gasteiger charge is -2.41. The Morgan fingerprint density at radius 2 is 1.42 bits per heavy atom. The van der Waals surface area contributed by atoms with Gasteiger partial charge in [-0.05, 0) is 6.07 Å². The molecule has 5 rings (SSSR count). The number of fused-ring (bicyclic) bond motifs is 1. The lowest BCUT2D eigenvalue weighted by atomic mass is 9.87. The van der Waals surface area contributed by atoms with Crippen LogP contribution in [-0.2, 0) is 20.7 Å². The fourth-order valence-corrected chi connectivity index (χ4v) is 5.59. The molecule has 248 valence electrons. The summed E-state index contributed by atoms with van der Waals surface area (Å²) < 4.78 is 21.9. The van der Waals surface area contributed by atoms with Crippen molar-refractivity contribution in [2.75, 3.05) is 6.61 Å². The van der Waals surface area contributed by atoms with Crippen molar-refractivity contribution < 1.29 is 90.1 Å². The Hall–Kier alpha value is -3.69. The van der Waals surface area contributed by atoms with Gasteiger partial charge in [-0.3, -0.25) is 0 Å². The molecular weight excluding hydrogens is 612 g/mol. The van der Waals surface area contributed by atoms with Crippen LogP contribution >= 0.6 is 0 Å². The molecule has 12 unspecified atom stereocenters. The van der Waals surface area contributed by atoms with Crippen LogP contribution in [0.4, 0.5) is 0 Å². The van der Waals surface area contributed by atoms with Gasteiger partial charge in [0.25, 0.3) is 0 Å². The Morgan fingerprint density at radius 3 is 2.07 bits per heavy atom. The van der Waals surface area contributed by atoms with Crippen molar-refractivity contribution in [3.8, 4) is 34.5 Å². The summed E-state index contributed by atoms with van der Waals surface area (Å²) in [5, 5.41) is 133. The highest BCUT2D eigenvalue weighted by molar-refractivity contribution is 5.73. The van der Waals surface area contributed by atoms with E-state index in [0.29, 0.717) is 0 Å². The number of ether oxygens (including phenoxy) is 4. The van der Waals surface area contributed by atoms with Crippen LogP contribution in [0.5, 0.6) is 34.5 Å². The molecule has 2 aromatic rings. The number of aliphatic carboxylic acids is 1. The molecule has 3 heterocycles. The third kappa shape index (κ3) is 5.65. The van der Waals surface area contributed by atoms with Gasteiger partial charge in [-0.1, -0.05) is 0 Å². The van der Waals surface area contributed by atoms with Gasteiger partial charge in [0.1, 0.15) is 71.8 Å². The molecule has 3 aliphatic heterocycles. The van der Waals surface area contributed by atoms with E-state index in [2.05, 4.69) is 0 Å². The molecular formula is C27H32O18. The molecule has 0 amide bonds. The summed E-state index contributed by atoms with van der Waals surface area (Å²) in [6.45, 7) is -0.777. The third-order valence-electron chi connectivity index (χ3n) is 8.05. The maximum Gasteiger partial charge on any atom is 0.335 e. The van der Waals surface area contributed by atoms with Gasteiger partial charge < -0.3 is 85.3 Å². The van der Waals surface area contributed by atoms with E-state index in [0.717, 1.165) is 18.2 Å². The van der Waals surface area contributed by atoms with E-state index >= 15 is 0 Å². The number of aromatic hydroxyl groups is 4. The number of carboxylic acids is 1. The predicted octanol–water partition coefficient (Wildman–Crippen LogP) is -3.67. The maximum absolute atomic E-state index is 11.5. The van der Waals surface area contributed by atoms with Crippen LogP contribution < -0.4 is 9.47 Å². The fourth-order valence-electron chi connectivity index (χ4n) is 5.59. The quantitative estimate of drug-likeness (QED) is 0.135. The number of carboxylic acid groups (broad SMARTS) is 1. The maximum atomic E-state index is 11.5. The Bertz CT molecular complexity index is 1430. The number of rotatable bonds is 6. The first-order chi connectivity index (χ1) is 21.2. The Labute approximate surface area is 252 Å². The second kappa shape index (κ2) is 12.2. The predicted molar refractivity (Wildman–Crippen MR) is 140 cm³/mol. The minimum atomic E-state index is -2.04. The summed E-state index contributed by atoms with van der Waals surface area (Å²) in [6.07, 6.45) is -22.0. The van der Waals surface area contributed by atoms with Crippen LogP contribution in [0.2, 0.25) is 0 Å². The molecule has 0 spiro atoms. The van der Waals surface area contributed by atoms with E-state index in [1.165, 1.54) is 0 Å². The first kappa shape index (κ1) is 32.7. The van der Waals surface area contributed by atoms with E-state index in [-0.39, 0.29) is 16.9 Å². The normalized spacial score (nSPS) is 36.5. The van der Waals surface area contributed by atoms with Crippen LogP contribution in [0.15, 0.2) is 18.2 Å². The minimum Gasteiger partial charge on any atom is -0.507 e. The lowest BCUT2D eigenvalue weighted by Crippen LogP contribution is -2.61. The minimum absolute atomic E-state index is 0.110. The van der Waals surface area contributed by atoms with E-state index in [1.807, 2.05) is 0 Å². The molecule has 2 aromatic carbocycles. The van der Waals surface area contributed by atoms with Crippen molar-refractivity contribution in [2.24, 2.45) is 0 Å². The zero-order valence-electron chi connectivity index (χ0n) is 22.9. The number of benzene rings is 2. The number of hydrogen-bond donors (Lipinski definition) is 13. The van der Waals surface area contributed by atoms with Crippen LogP contribution in [0.3, 0.4) is 0 Å². The average molecular weight is 645 g/mol. The molecule has 12 atom stereocenters. The van der Waals surface area contributed by atoms with Crippen molar-refractivity contribution in [3.05, 3.63) is 34.9 Å². The van der Waals surface area contributed by atoms with Gasteiger partial charge in [0.05, 0.1) is 18.3 Å². The zero-order chi connectivity index (χ0) is 33.1. The van der Waals surface area contributed by atoms with Crippen LogP contribution in [-0.4, -0.2) is 140 Å². The van der Waals surface area contributed by atoms with Gasteiger partial charge in [0.15, 0.2) is 23.7 Å². The smallest absolute Gasteiger partial charge is 0.335 e. The van der Waals surface area contributed by atoms with E-state index < -0.39 is 127 Å². The molecule has 45 heavy (non-hydrogen) atoms. The zero-order valence-corrected chi connectivity index (χ0v) is 22.9. The van der Waals surface area contributed by atoms with Gasteiger partial charge >= 0.3 is 5.97 Å². The highest BCUT2D eigenvalue weighted by atomic mass is 16.7. The monoisotopic (exact) mass is 644 g/mol. The molecule has 13 N–H and O–H groups in total. The van der Waals surface area contributed by atoms with Crippen molar-refractivity contribution >= 4 is 5.97 Å². The summed E-state index contributed by atoms with van der Waals surface area (Å²) in [4.78, 5) is 11.5. The molecule has 0 aromatic heterocycles. The number of phenolic OH excluding ortho intramolecular Hbond substituents is 4. The van der Waals surface area contributed by atoms with Crippen LogP contribution in [0, 0.1) is 0 Å². The molecule has 3 aliphatic rings. The van der Waals surface area contributed by atoms with Crippen molar-refractivity contribution in [2.45, 2.75) is 79.9 Å². The Balaban J connectivity index is 1.48. The molecule has 18 heteroatoms. The number of hydrogen-bond acceptors (Lipinski definition) is 17. The Morgan fingerprint density at radius 1 is 0.778 bits per heavy atom. The first-order valence-electron chi connectivity index (χ1n) is 13.5. The Kier molecular flexibility index (Phi) is 8.90. The fraction of sp³-hybridized carbons (Fsp3) is 0.519. The standard InChI is InChI=1S/C27H32O18/c28-5-14-17(34)18(35)20(37)24(43-14)15-10(31)4-12-6(16(15)33)1-11(32)23(42-12)7-2-8(29)9(30)3-13(7)44-27-22(39)19(36)21(38)25(45-27)26(40)41/h2-4,11,14,17-25,27-39H,1,5H2,(H,40,41). The molecule has 0 aliphatic carbocycles. The van der Waals surface area contributed by atoms with E-state index in [1.54, 1.807) is 0 Å². The lowest BCUT2D eigenvalue weighted by molar-refractivity contribution is -0.271. The third-order valence-corrected chi connectivity index (χ3v) is 8.05. The number of phenols is 4. The van der Waals surface area contributed by atoms with Gasteiger partial charge in [-0.15, -0.1) is 0 Å². The van der Waals surface area contributed by atoms with Gasteiger partial charge in [0.2, 0.25) is 6.29 Å². The second-order valence-corrected chi connectivity index (χ2v) is 10.9. The molecule has 0 radical (unpaired) electrons. The summed E-state index contributed by atoms with van der Waals surface area (Å²) in [6, 6.07) is 2.70.